The number of nitrogens with zero attached hydrogens (tertiary/aromatic N) is 5. The van der Waals surface area contributed by atoms with Crippen molar-refractivity contribution >= 4 is 28.4 Å². The van der Waals surface area contributed by atoms with Crippen molar-refractivity contribution in [2.75, 3.05) is 24.5 Å². The van der Waals surface area contributed by atoms with Crippen LogP contribution in [0.25, 0.3) is 15.9 Å². The summed E-state index contributed by atoms with van der Waals surface area (Å²) in [5, 5.41) is 0. The fraction of sp³-hybridized carbons (Fsp3) is 0.214. The molecule has 38 heavy (non-hydrogen) atoms. The molecule has 1 amide bonds. The van der Waals surface area contributed by atoms with E-state index in [4.69, 9.17) is 12.3 Å². The zero-order valence-electron chi connectivity index (χ0n) is 20.5. The third-order valence-electron chi connectivity index (χ3n) is 6.95. The molecule has 2 N–H and O–H groups in total. The van der Waals surface area contributed by atoms with Crippen LogP contribution < -0.4 is 16.2 Å². The van der Waals surface area contributed by atoms with Gasteiger partial charge in [0.05, 0.1) is 17.2 Å². The Hall–Kier alpha value is -4.62. The predicted octanol–water partition coefficient (Wildman–Crippen LogP) is 3.53. The molecular weight excluding hydrogens is 490 g/mol. The van der Waals surface area contributed by atoms with Crippen LogP contribution in [0.4, 0.5) is 20.3 Å². The minimum Gasteiger partial charge on any atom is -0.368 e. The summed E-state index contributed by atoms with van der Waals surface area (Å²) in [6.45, 7) is 8.31. The summed E-state index contributed by atoms with van der Waals surface area (Å²) in [5.74, 6) is -1.19. The van der Waals surface area contributed by atoms with Gasteiger partial charge in [-0.25, -0.2) is 8.78 Å². The molecule has 0 bridgehead atoms. The minimum atomic E-state index is -0.833. The van der Waals surface area contributed by atoms with Gasteiger partial charge in [0, 0.05) is 32.7 Å². The molecular formula is C28H24F2N6O2. The van der Waals surface area contributed by atoms with Gasteiger partial charge < -0.3 is 20.0 Å². The average molecular weight is 515 g/mol. The van der Waals surface area contributed by atoms with Gasteiger partial charge >= 0.3 is 0 Å². The molecule has 0 radical (unpaired) electrons. The lowest BCUT2D eigenvalue weighted by atomic mass is 9.95. The van der Waals surface area contributed by atoms with Gasteiger partial charge in [-0.2, -0.15) is 0 Å². The number of fused-ring (bicyclic) bond motifs is 1. The van der Waals surface area contributed by atoms with Crippen LogP contribution in [0.15, 0.2) is 71.5 Å². The molecule has 0 aliphatic carbocycles. The van der Waals surface area contributed by atoms with E-state index in [1.54, 1.807) is 42.3 Å². The molecule has 1 fully saturated rings. The summed E-state index contributed by atoms with van der Waals surface area (Å²) in [6.07, 6.45) is 0. The van der Waals surface area contributed by atoms with E-state index < -0.39 is 18.0 Å². The van der Waals surface area contributed by atoms with Gasteiger partial charge in [0.2, 0.25) is 11.4 Å². The monoisotopic (exact) mass is 514 g/mol. The van der Waals surface area contributed by atoms with Crippen LogP contribution in [0.5, 0.6) is 0 Å². The maximum Gasteiger partial charge on any atom is 0.270 e. The van der Waals surface area contributed by atoms with Crippen molar-refractivity contribution in [3.05, 3.63) is 111 Å². The van der Waals surface area contributed by atoms with Gasteiger partial charge in [0.25, 0.3) is 11.4 Å². The second kappa shape index (κ2) is 10.0. The van der Waals surface area contributed by atoms with Gasteiger partial charge in [-0.1, -0.05) is 30.8 Å². The summed E-state index contributed by atoms with van der Waals surface area (Å²) in [6, 6.07) is 15.5. The van der Waals surface area contributed by atoms with Crippen molar-refractivity contribution in [3.8, 4) is 0 Å². The zero-order valence-corrected chi connectivity index (χ0v) is 20.5. The van der Waals surface area contributed by atoms with E-state index in [-0.39, 0.29) is 29.6 Å². The summed E-state index contributed by atoms with van der Waals surface area (Å²) in [5.41, 5.74) is 8.53. The zero-order chi connectivity index (χ0) is 27.0. The third-order valence-corrected chi connectivity index (χ3v) is 6.95. The number of halogens is 2. The van der Waals surface area contributed by atoms with Crippen molar-refractivity contribution < 1.29 is 13.6 Å². The Kier molecular flexibility index (Phi) is 6.61. The molecule has 10 heteroatoms. The summed E-state index contributed by atoms with van der Waals surface area (Å²) in [7, 11) is 1.62. The molecule has 1 atom stereocenters. The Labute approximate surface area is 217 Å². The average Bonchev–Trinajstić information content (AvgIpc) is 2.92. The lowest BCUT2D eigenvalue weighted by Crippen LogP contribution is -2.59. The number of aromatic nitrogens is 2. The number of carbonyl (C=O) groups excluding carboxylic acids is 1. The first-order chi connectivity index (χ1) is 18.3. The first kappa shape index (κ1) is 25.0. The van der Waals surface area contributed by atoms with E-state index in [1.807, 2.05) is 4.90 Å². The number of anilines is 1. The number of pyridine rings is 2. The van der Waals surface area contributed by atoms with Crippen LogP contribution >= 0.6 is 0 Å². The number of hydrogen-bond acceptors (Lipinski definition) is 5. The molecule has 2 aromatic carbocycles. The van der Waals surface area contributed by atoms with Gasteiger partial charge in [-0.3, -0.25) is 14.5 Å². The number of primary amides is 1. The fourth-order valence-corrected chi connectivity index (χ4v) is 5.06. The van der Waals surface area contributed by atoms with Crippen molar-refractivity contribution in [2.24, 2.45) is 12.8 Å². The number of aryl methyl sites for hydroxylation is 1. The molecule has 4 aromatic rings. The van der Waals surface area contributed by atoms with Crippen LogP contribution in [0.3, 0.4) is 0 Å². The Morgan fingerprint density at radius 3 is 2.18 bits per heavy atom. The lowest BCUT2D eigenvalue weighted by Gasteiger charge is -2.44. The standard InChI is InChI=1S/C28H24F2N6O2/c1-32-24-12-11-21-26(33-24)22(15-25(37)34(21)2)36-14-13-35(16-23(36)28(31)38)27(17-3-7-19(29)8-4-17)18-5-9-20(30)10-6-18/h3-12,15,23,27H,13-14,16H2,2H3,(H2,31,38). The minimum absolute atomic E-state index is 0.166. The molecule has 5 rings (SSSR count). The SMILES string of the molecule is [C-]#[N+]c1ccc2c(n1)c(N1CCN(C(c3ccc(F)cc3)c3ccc(F)cc3)CC1C(N)=O)cc(=O)n2C. The predicted molar refractivity (Wildman–Crippen MR) is 140 cm³/mol. The van der Waals surface area contributed by atoms with E-state index in [0.717, 1.165) is 11.1 Å². The number of piperazine rings is 1. The number of hydrogen-bond donors (Lipinski definition) is 1. The molecule has 1 aliphatic rings. The van der Waals surface area contributed by atoms with E-state index in [9.17, 15) is 18.4 Å². The number of amides is 1. The Morgan fingerprint density at radius 2 is 1.63 bits per heavy atom. The van der Waals surface area contributed by atoms with E-state index >= 15 is 0 Å². The smallest absolute Gasteiger partial charge is 0.270 e. The van der Waals surface area contributed by atoms with Crippen molar-refractivity contribution in [2.45, 2.75) is 12.1 Å². The van der Waals surface area contributed by atoms with Crippen LogP contribution in [-0.2, 0) is 11.8 Å². The molecule has 2 aromatic heterocycles. The second-order valence-electron chi connectivity index (χ2n) is 9.19. The number of rotatable bonds is 5. The third kappa shape index (κ3) is 4.60. The number of carbonyl (C=O) groups is 1. The highest BCUT2D eigenvalue weighted by molar-refractivity contribution is 5.93. The summed E-state index contributed by atoms with van der Waals surface area (Å²) >= 11 is 0. The molecule has 0 spiro atoms. The van der Waals surface area contributed by atoms with Crippen molar-refractivity contribution in [1.82, 2.24) is 14.5 Å². The molecule has 1 saturated heterocycles. The van der Waals surface area contributed by atoms with Crippen molar-refractivity contribution in [1.29, 1.82) is 0 Å². The summed E-state index contributed by atoms with van der Waals surface area (Å²) in [4.78, 5) is 37.2. The van der Waals surface area contributed by atoms with Crippen LogP contribution in [-0.4, -0.2) is 46.0 Å². The van der Waals surface area contributed by atoms with Crippen LogP contribution in [0, 0.1) is 18.2 Å². The fourth-order valence-electron chi connectivity index (χ4n) is 5.06. The summed E-state index contributed by atoms with van der Waals surface area (Å²) < 4.78 is 28.9. The highest BCUT2D eigenvalue weighted by Gasteiger charge is 2.37. The Balaban J connectivity index is 1.57. The molecule has 1 aliphatic heterocycles. The maximum atomic E-state index is 13.7. The normalized spacial score (nSPS) is 16.1. The molecule has 192 valence electrons. The first-order valence-electron chi connectivity index (χ1n) is 12.0. The quantitative estimate of drug-likeness (QED) is 0.412. The Morgan fingerprint density at radius 1 is 1.03 bits per heavy atom. The van der Waals surface area contributed by atoms with E-state index in [2.05, 4.69) is 9.83 Å². The topological polar surface area (TPSA) is 88.8 Å². The highest BCUT2D eigenvalue weighted by atomic mass is 19.1. The molecule has 8 nitrogen and oxygen atoms in total. The van der Waals surface area contributed by atoms with Gasteiger partial charge in [-0.15, -0.1) is 4.98 Å². The van der Waals surface area contributed by atoms with Crippen LogP contribution in [0.2, 0.25) is 0 Å². The second-order valence-corrected chi connectivity index (χ2v) is 9.19. The Bertz CT molecular complexity index is 1570. The number of nitrogens with two attached hydrogens (primary N) is 1. The number of benzene rings is 2. The molecule has 1 unspecified atom stereocenters. The lowest BCUT2D eigenvalue weighted by molar-refractivity contribution is -0.120. The van der Waals surface area contributed by atoms with Gasteiger partial charge in [0.1, 0.15) is 17.7 Å². The van der Waals surface area contributed by atoms with E-state index in [1.165, 1.54) is 41.0 Å². The van der Waals surface area contributed by atoms with Crippen molar-refractivity contribution in [3.63, 3.8) is 0 Å². The maximum absolute atomic E-state index is 13.7. The highest BCUT2D eigenvalue weighted by Crippen LogP contribution is 2.34. The molecule has 3 heterocycles. The van der Waals surface area contributed by atoms with Gasteiger partial charge in [-0.05, 0) is 47.5 Å². The first-order valence-corrected chi connectivity index (χ1v) is 12.0. The largest absolute Gasteiger partial charge is 0.368 e. The van der Waals surface area contributed by atoms with Crippen LogP contribution in [0.1, 0.15) is 17.2 Å². The van der Waals surface area contributed by atoms with E-state index in [0.29, 0.717) is 29.8 Å². The van der Waals surface area contributed by atoms with Gasteiger partial charge in [0.15, 0.2) is 0 Å². The molecule has 0 saturated carbocycles.